The van der Waals surface area contributed by atoms with Crippen LogP contribution in [0.15, 0.2) is 11.8 Å². The summed E-state index contributed by atoms with van der Waals surface area (Å²) in [6, 6.07) is 0. The fourth-order valence-electron chi connectivity index (χ4n) is 1.68. The van der Waals surface area contributed by atoms with Gasteiger partial charge in [-0.1, -0.05) is 34.1 Å². The summed E-state index contributed by atoms with van der Waals surface area (Å²) >= 11 is 0. The van der Waals surface area contributed by atoms with E-state index in [1.54, 1.807) is 0 Å². The Labute approximate surface area is 93.4 Å². The van der Waals surface area contributed by atoms with Gasteiger partial charge in [-0.3, -0.25) is 4.79 Å². The van der Waals surface area contributed by atoms with Crippen LogP contribution in [-0.2, 0) is 4.79 Å². The number of rotatable bonds is 7. The molecule has 0 aliphatic rings. The lowest BCUT2D eigenvalue weighted by Gasteiger charge is -2.11. The van der Waals surface area contributed by atoms with Crippen molar-refractivity contribution in [3.05, 3.63) is 11.8 Å². The summed E-state index contributed by atoms with van der Waals surface area (Å²) in [5, 5.41) is 9.70. The van der Waals surface area contributed by atoms with E-state index < -0.39 is 0 Å². The molecule has 15 heavy (non-hydrogen) atoms. The Hall–Kier alpha value is -0.790. The summed E-state index contributed by atoms with van der Waals surface area (Å²) in [6.45, 7) is 8.04. The average Bonchev–Trinajstić information content (AvgIpc) is 2.19. The Kier molecular flexibility index (Phi) is 7.10. The molecule has 88 valence electrons. The molecule has 0 fully saturated rings. The van der Waals surface area contributed by atoms with Gasteiger partial charge >= 0.3 is 0 Å². The third kappa shape index (κ3) is 5.01. The van der Waals surface area contributed by atoms with Gasteiger partial charge in [0.1, 0.15) is 0 Å². The molecule has 2 nitrogen and oxygen atoms in total. The molecule has 0 aliphatic heterocycles. The van der Waals surface area contributed by atoms with Gasteiger partial charge in [-0.05, 0) is 19.3 Å². The summed E-state index contributed by atoms with van der Waals surface area (Å²) in [6.07, 6.45) is 5.08. The van der Waals surface area contributed by atoms with Crippen LogP contribution in [0.1, 0.15) is 53.4 Å². The zero-order chi connectivity index (χ0) is 11.8. The number of ketones is 1. The minimum absolute atomic E-state index is 0.0699. The number of hydrogen-bond acceptors (Lipinski definition) is 2. The lowest BCUT2D eigenvalue weighted by atomic mass is 9.95. The first-order chi connectivity index (χ1) is 7.06. The van der Waals surface area contributed by atoms with Crippen molar-refractivity contribution in [2.24, 2.45) is 11.8 Å². The van der Waals surface area contributed by atoms with E-state index in [0.717, 1.165) is 25.7 Å². The number of allylic oxidation sites excluding steroid dienone is 2. The first kappa shape index (κ1) is 14.2. The Morgan fingerprint density at radius 1 is 1.27 bits per heavy atom. The van der Waals surface area contributed by atoms with Crippen LogP contribution in [0.3, 0.4) is 0 Å². The predicted octanol–water partition coefficient (Wildman–Crippen LogP) is 3.87. The van der Waals surface area contributed by atoms with Gasteiger partial charge in [0.2, 0.25) is 0 Å². The van der Waals surface area contributed by atoms with Crippen LogP contribution in [0, 0.1) is 11.8 Å². The third-order valence-corrected chi connectivity index (χ3v) is 2.90. The largest absolute Gasteiger partial charge is 0.512 e. The third-order valence-electron chi connectivity index (χ3n) is 2.90. The van der Waals surface area contributed by atoms with Gasteiger partial charge in [0.05, 0.1) is 5.76 Å². The van der Waals surface area contributed by atoms with Crippen molar-refractivity contribution in [3.8, 4) is 0 Å². The Morgan fingerprint density at radius 2 is 1.80 bits per heavy atom. The highest BCUT2D eigenvalue weighted by molar-refractivity contribution is 5.92. The minimum Gasteiger partial charge on any atom is -0.512 e. The van der Waals surface area contributed by atoms with Crippen LogP contribution < -0.4 is 0 Å². The van der Waals surface area contributed by atoms with Gasteiger partial charge in [0.25, 0.3) is 0 Å². The number of hydrogen-bond donors (Lipinski definition) is 1. The highest BCUT2D eigenvalue weighted by Crippen LogP contribution is 2.16. The number of aliphatic hydroxyl groups excluding tert-OH is 1. The van der Waals surface area contributed by atoms with Gasteiger partial charge in [-0.25, -0.2) is 0 Å². The van der Waals surface area contributed by atoms with E-state index in [1.807, 2.05) is 20.8 Å². The zero-order valence-corrected chi connectivity index (χ0v) is 10.4. The summed E-state index contributed by atoms with van der Waals surface area (Å²) in [5.41, 5.74) is 0. The molecule has 0 saturated carbocycles. The van der Waals surface area contributed by atoms with E-state index in [2.05, 4.69) is 6.92 Å². The van der Waals surface area contributed by atoms with Crippen LogP contribution in [0.2, 0.25) is 0 Å². The summed E-state index contributed by atoms with van der Waals surface area (Å²) in [7, 11) is 0. The van der Waals surface area contributed by atoms with Crippen LogP contribution in [0.5, 0.6) is 0 Å². The fourth-order valence-corrected chi connectivity index (χ4v) is 1.68. The normalized spacial score (nSPS) is 14.3. The molecule has 0 aromatic carbocycles. The average molecular weight is 212 g/mol. The van der Waals surface area contributed by atoms with Crippen LogP contribution in [-0.4, -0.2) is 10.9 Å². The molecular formula is C13H24O2. The first-order valence-electron chi connectivity index (χ1n) is 6.01. The number of carbonyl (C=O) groups excluding carboxylic acids is 1. The summed E-state index contributed by atoms with van der Waals surface area (Å²) < 4.78 is 0. The SMILES string of the molecule is CCCC(C)C(O)=CC(=O)C(CC)CC. The van der Waals surface area contributed by atoms with Crippen molar-refractivity contribution in [1.82, 2.24) is 0 Å². The molecule has 2 heteroatoms. The van der Waals surface area contributed by atoms with E-state index in [1.165, 1.54) is 6.08 Å². The molecule has 0 bridgehead atoms. The molecule has 1 atom stereocenters. The maximum Gasteiger partial charge on any atom is 0.162 e. The predicted molar refractivity (Wildman–Crippen MR) is 63.9 cm³/mol. The molecule has 0 amide bonds. The second-order valence-corrected chi connectivity index (χ2v) is 4.17. The smallest absolute Gasteiger partial charge is 0.162 e. The van der Waals surface area contributed by atoms with Gasteiger partial charge in [-0.2, -0.15) is 0 Å². The Bertz CT molecular complexity index is 215. The Balaban J connectivity index is 4.39. The summed E-state index contributed by atoms with van der Waals surface area (Å²) in [4.78, 5) is 11.7. The van der Waals surface area contributed by atoms with Crippen molar-refractivity contribution in [1.29, 1.82) is 0 Å². The van der Waals surface area contributed by atoms with E-state index in [-0.39, 0.29) is 23.4 Å². The minimum atomic E-state index is 0.0699. The molecule has 1 N–H and O–H groups in total. The first-order valence-corrected chi connectivity index (χ1v) is 6.01. The molecule has 0 rings (SSSR count). The van der Waals surface area contributed by atoms with E-state index in [4.69, 9.17) is 0 Å². The molecule has 0 aromatic heterocycles. The zero-order valence-electron chi connectivity index (χ0n) is 10.4. The highest BCUT2D eigenvalue weighted by atomic mass is 16.3. The number of aliphatic hydroxyl groups is 1. The van der Waals surface area contributed by atoms with Gasteiger partial charge in [0, 0.05) is 17.9 Å². The molecule has 0 aliphatic carbocycles. The quantitative estimate of drug-likeness (QED) is 0.514. The molecule has 0 heterocycles. The highest BCUT2D eigenvalue weighted by Gasteiger charge is 2.14. The van der Waals surface area contributed by atoms with Gasteiger partial charge < -0.3 is 5.11 Å². The Morgan fingerprint density at radius 3 is 2.20 bits per heavy atom. The maximum absolute atomic E-state index is 11.7. The molecule has 0 spiro atoms. The van der Waals surface area contributed by atoms with Gasteiger partial charge in [-0.15, -0.1) is 0 Å². The van der Waals surface area contributed by atoms with Crippen molar-refractivity contribution in [3.63, 3.8) is 0 Å². The molecule has 0 aromatic rings. The standard InChI is InChI=1S/C13H24O2/c1-5-8-10(4)12(14)9-13(15)11(6-2)7-3/h9-11,14H,5-8H2,1-4H3. The lowest BCUT2D eigenvalue weighted by molar-refractivity contribution is -0.118. The van der Waals surface area contributed by atoms with Crippen molar-refractivity contribution in [2.75, 3.05) is 0 Å². The van der Waals surface area contributed by atoms with Crippen LogP contribution in [0.4, 0.5) is 0 Å². The molecular weight excluding hydrogens is 188 g/mol. The topological polar surface area (TPSA) is 37.3 Å². The van der Waals surface area contributed by atoms with E-state index >= 15 is 0 Å². The molecule has 0 saturated heterocycles. The lowest BCUT2D eigenvalue weighted by Crippen LogP contribution is -2.12. The van der Waals surface area contributed by atoms with E-state index in [0.29, 0.717) is 0 Å². The molecule has 0 radical (unpaired) electrons. The molecule has 1 unspecified atom stereocenters. The van der Waals surface area contributed by atoms with Crippen LogP contribution >= 0.6 is 0 Å². The van der Waals surface area contributed by atoms with Crippen molar-refractivity contribution in [2.45, 2.75) is 53.4 Å². The number of carbonyl (C=O) groups is 1. The van der Waals surface area contributed by atoms with Crippen molar-refractivity contribution < 1.29 is 9.90 Å². The monoisotopic (exact) mass is 212 g/mol. The van der Waals surface area contributed by atoms with Gasteiger partial charge in [0.15, 0.2) is 5.78 Å². The summed E-state index contributed by atoms with van der Waals surface area (Å²) in [5.74, 6) is 0.489. The van der Waals surface area contributed by atoms with Crippen molar-refractivity contribution >= 4 is 5.78 Å². The maximum atomic E-state index is 11.7. The second-order valence-electron chi connectivity index (χ2n) is 4.17. The van der Waals surface area contributed by atoms with E-state index in [9.17, 15) is 9.90 Å². The van der Waals surface area contributed by atoms with Crippen LogP contribution in [0.25, 0.3) is 0 Å². The fraction of sp³-hybridized carbons (Fsp3) is 0.769. The second kappa shape index (κ2) is 7.49.